The molecule has 0 unspecified atom stereocenters. The summed E-state index contributed by atoms with van der Waals surface area (Å²) in [6.07, 6.45) is -0.969. The number of aryl methyl sites for hydroxylation is 1. The highest BCUT2D eigenvalue weighted by molar-refractivity contribution is 6.32. The Labute approximate surface area is 170 Å². The molecule has 1 aliphatic carbocycles. The van der Waals surface area contributed by atoms with E-state index in [1.54, 1.807) is 13.8 Å². The lowest BCUT2D eigenvalue weighted by Crippen LogP contribution is -2.22. The van der Waals surface area contributed by atoms with Crippen molar-refractivity contribution in [3.05, 3.63) is 46.0 Å². The zero-order valence-electron chi connectivity index (χ0n) is 16.0. The van der Waals surface area contributed by atoms with Crippen LogP contribution in [0.3, 0.4) is 0 Å². The van der Waals surface area contributed by atoms with Crippen LogP contribution in [0.2, 0.25) is 5.02 Å². The summed E-state index contributed by atoms with van der Waals surface area (Å²) in [5.74, 6) is -0.173. The summed E-state index contributed by atoms with van der Waals surface area (Å²) in [5.41, 5.74) is 0.514. The van der Waals surface area contributed by atoms with Crippen LogP contribution in [0.5, 0.6) is 0 Å². The number of hydrogen-bond acceptors (Lipinski definition) is 4. The van der Waals surface area contributed by atoms with Crippen molar-refractivity contribution in [2.75, 3.05) is 17.7 Å². The molecule has 1 atom stereocenters. The number of carbonyl (C=O) groups excluding carboxylic acids is 1. The number of amides is 2. The first kappa shape index (κ1) is 21.3. The van der Waals surface area contributed by atoms with Gasteiger partial charge in [-0.3, -0.25) is 9.97 Å². The van der Waals surface area contributed by atoms with Gasteiger partial charge in [0.2, 0.25) is 0 Å². The molecule has 2 N–H and O–H groups in total. The number of rotatable bonds is 5. The third kappa shape index (κ3) is 4.79. The van der Waals surface area contributed by atoms with Crippen molar-refractivity contribution in [3.8, 4) is 0 Å². The summed E-state index contributed by atoms with van der Waals surface area (Å²) in [6, 6.07) is 0.157. The number of alkyl halides is 3. The van der Waals surface area contributed by atoms with Crippen LogP contribution in [-0.2, 0) is 10.9 Å². The van der Waals surface area contributed by atoms with E-state index in [1.165, 1.54) is 19.5 Å². The van der Waals surface area contributed by atoms with Gasteiger partial charge in [-0.05, 0) is 32.8 Å². The van der Waals surface area contributed by atoms with E-state index < -0.39 is 23.9 Å². The number of pyridine rings is 2. The first-order valence-electron chi connectivity index (χ1n) is 8.94. The van der Waals surface area contributed by atoms with E-state index in [9.17, 15) is 18.0 Å². The largest absolute Gasteiger partial charge is 0.418 e. The number of urea groups is 1. The molecule has 0 spiro atoms. The van der Waals surface area contributed by atoms with Gasteiger partial charge in [0.15, 0.2) is 0 Å². The Morgan fingerprint density at radius 3 is 2.55 bits per heavy atom. The molecule has 156 valence electrons. The minimum atomic E-state index is -4.55. The predicted molar refractivity (Wildman–Crippen MR) is 103 cm³/mol. The monoisotopic (exact) mass is 428 g/mol. The molecule has 0 saturated heterocycles. The molecule has 0 radical (unpaired) electrons. The summed E-state index contributed by atoms with van der Waals surface area (Å²) < 4.78 is 45.4. The molecule has 29 heavy (non-hydrogen) atoms. The molecule has 2 heterocycles. The zero-order valence-corrected chi connectivity index (χ0v) is 16.8. The Kier molecular flexibility index (Phi) is 6.00. The average Bonchev–Trinajstić information content (AvgIpc) is 3.49. The van der Waals surface area contributed by atoms with E-state index in [2.05, 4.69) is 20.6 Å². The highest BCUT2D eigenvalue weighted by Crippen LogP contribution is 2.45. The molecule has 1 fully saturated rings. The van der Waals surface area contributed by atoms with Crippen molar-refractivity contribution in [2.24, 2.45) is 0 Å². The molecule has 2 aromatic heterocycles. The molecule has 0 aromatic carbocycles. The van der Waals surface area contributed by atoms with E-state index in [-0.39, 0.29) is 17.3 Å². The molecule has 0 bridgehead atoms. The summed E-state index contributed by atoms with van der Waals surface area (Å²) in [7, 11) is 1.49. The summed E-state index contributed by atoms with van der Waals surface area (Å²) in [5, 5.41) is 5.29. The van der Waals surface area contributed by atoms with Crippen LogP contribution in [0.15, 0.2) is 18.5 Å². The van der Waals surface area contributed by atoms with Crippen molar-refractivity contribution >= 4 is 29.0 Å². The maximum atomic E-state index is 13.4. The molecular formula is C19H20ClF3N4O2. The Balaban J connectivity index is 1.82. The smallest absolute Gasteiger partial charge is 0.377 e. The molecule has 2 aromatic rings. The van der Waals surface area contributed by atoms with Crippen LogP contribution in [0.4, 0.5) is 29.3 Å². The molecule has 3 rings (SSSR count). The van der Waals surface area contributed by atoms with Crippen LogP contribution >= 0.6 is 11.6 Å². The summed E-state index contributed by atoms with van der Waals surface area (Å²) >= 11 is 6.29. The second-order valence-corrected chi connectivity index (χ2v) is 7.25. The minimum Gasteiger partial charge on any atom is -0.377 e. The molecule has 0 aliphatic heterocycles. The number of methoxy groups -OCH3 is 1. The average molecular weight is 429 g/mol. The Morgan fingerprint density at radius 2 is 1.97 bits per heavy atom. The van der Waals surface area contributed by atoms with Crippen LogP contribution in [0.1, 0.15) is 54.3 Å². The van der Waals surface area contributed by atoms with E-state index in [1.807, 2.05) is 0 Å². The number of halogens is 4. The second kappa shape index (κ2) is 8.16. The fraction of sp³-hybridized carbons (Fsp3) is 0.421. The Morgan fingerprint density at radius 1 is 1.28 bits per heavy atom. The standard InChI is InChI=1S/C19H20ClF3N4O2/c1-9-16(20)15(10(2)29-3)14(8-24-9)27-18(28)26-12-6-13(19(21,22)23)17(25-7-12)11-4-5-11/h6-8,10-11H,4-5H2,1-3H3,(H2,26,27,28)/t10-/m0/s1. The molecular weight excluding hydrogens is 409 g/mol. The van der Waals surface area contributed by atoms with Crippen molar-refractivity contribution in [1.29, 1.82) is 0 Å². The van der Waals surface area contributed by atoms with Crippen molar-refractivity contribution in [2.45, 2.75) is 44.9 Å². The lowest BCUT2D eigenvalue weighted by molar-refractivity contribution is -0.138. The molecule has 1 aliphatic rings. The normalized spacial score (nSPS) is 15.1. The third-order valence-corrected chi connectivity index (χ3v) is 5.16. The topological polar surface area (TPSA) is 76.1 Å². The zero-order chi connectivity index (χ0) is 21.3. The number of nitrogens with zero attached hydrogens (tertiary/aromatic N) is 2. The highest BCUT2D eigenvalue weighted by Gasteiger charge is 2.39. The van der Waals surface area contributed by atoms with Crippen LogP contribution in [-0.4, -0.2) is 23.1 Å². The van der Waals surface area contributed by atoms with Gasteiger partial charge in [0.25, 0.3) is 0 Å². The Bertz CT molecular complexity index is 932. The van der Waals surface area contributed by atoms with Gasteiger partial charge in [-0.2, -0.15) is 13.2 Å². The van der Waals surface area contributed by atoms with Gasteiger partial charge < -0.3 is 15.4 Å². The van der Waals surface area contributed by atoms with Gasteiger partial charge in [0.1, 0.15) is 0 Å². The Hall–Kier alpha value is -2.39. The number of ether oxygens (including phenoxy) is 1. The summed E-state index contributed by atoms with van der Waals surface area (Å²) in [4.78, 5) is 20.4. The predicted octanol–water partition coefficient (Wildman–Crippen LogP) is 5.69. The van der Waals surface area contributed by atoms with Crippen molar-refractivity contribution in [1.82, 2.24) is 9.97 Å². The van der Waals surface area contributed by atoms with E-state index in [4.69, 9.17) is 16.3 Å². The van der Waals surface area contributed by atoms with Gasteiger partial charge in [-0.1, -0.05) is 11.6 Å². The fourth-order valence-electron chi connectivity index (χ4n) is 2.95. The quantitative estimate of drug-likeness (QED) is 0.641. The SMILES string of the molecule is CO[C@@H](C)c1c(NC(=O)Nc2cnc(C3CC3)c(C(F)(F)F)c2)cnc(C)c1Cl. The lowest BCUT2D eigenvalue weighted by Gasteiger charge is -2.19. The minimum absolute atomic E-state index is 0.0224. The van der Waals surface area contributed by atoms with Crippen molar-refractivity contribution in [3.63, 3.8) is 0 Å². The first-order valence-corrected chi connectivity index (χ1v) is 9.32. The highest BCUT2D eigenvalue weighted by atomic mass is 35.5. The molecule has 2 amide bonds. The van der Waals surface area contributed by atoms with Crippen LogP contribution in [0.25, 0.3) is 0 Å². The van der Waals surface area contributed by atoms with Gasteiger partial charge >= 0.3 is 12.2 Å². The third-order valence-electron chi connectivity index (χ3n) is 4.69. The second-order valence-electron chi connectivity index (χ2n) is 6.87. The van der Waals surface area contributed by atoms with Crippen LogP contribution < -0.4 is 10.6 Å². The van der Waals surface area contributed by atoms with E-state index >= 15 is 0 Å². The van der Waals surface area contributed by atoms with E-state index in [0.29, 0.717) is 34.8 Å². The lowest BCUT2D eigenvalue weighted by atomic mass is 10.1. The number of nitrogens with one attached hydrogen (secondary N) is 2. The number of carbonyl (C=O) groups is 1. The number of aromatic nitrogens is 2. The van der Waals surface area contributed by atoms with E-state index in [0.717, 1.165) is 6.07 Å². The number of anilines is 2. The molecule has 6 nitrogen and oxygen atoms in total. The molecule has 1 saturated carbocycles. The van der Waals surface area contributed by atoms with Crippen molar-refractivity contribution < 1.29 is 22.7 Å². The van der Waals surface area contributed by atoms with Gasteiger partial charge in [0.05, 0.1) is 51.8 Å². The molecule has 10 heteroatoms. The maximum absolute atomic E-state index is 13.4. The van der Waals surface area contributed by atoms with Gasteiger partial charge in [-0.15, -0.1) is 0 Å². The van der Waals surface area contributed by atoms with Gasteiger partial charge in [0, 0.05) is 18.6 Å². The maximum Gasteiger partial charge on any atom is 0.418 e. The number of hydrogen-bond donors (Lipinski definition) is 2. The van der Waals surface area contributed by atoms with Crippen LogP contribution in [0, 0.1) is 6.92 Å². The fourth-order valence-corrected chi connectivity index (χ4v) is 3.26. The summed E-state index contributed by atoms with van der Waals surface area (Å²) in [6.45, 7) is 3.46. The van der Waals surface area contributed by atoms with Gasteiger partial charge in [-0.25, -0.2) is 4.79 Å². The first-order chi connectivity index (χ1) is 13.6.